The van der Waals surface area contributed by atoms with E-state index in [0.29, 0.717) is 21.2 Å². The van der Waals surface area contributed by atoms with Crippen LogP contribution in [0.5, 0.6) is 0 Å². The van der Waals surface area contributed by atoms with Crippen molar-refractivity contribution >= 4 is 37.6 Å². The molecule has 1 fully saturated rings. The van der Waals surface area contributed by atoms with Crippen LogP contribution < -0.4 is 0 Å². The first-order chi connectivity index (χ1) is 9.87. The summed E-state index contributed by atoms with van der Waals surface area (Å²) in [6.07, 6.45) is 4.31. The zero-order valence-electron chi connectivity index (χ0n) is 12.4. The summed E-state index contributed by atoms with van der Waals surface area (Å²) >= 11 is 9.18. The first-order valence-corrected chi connectivity index (χ1v) is 9.97. The Morgan fingerprint density at radius 3 is 2.62 bits per heavy atom. The minimum Gasteiger partial charge on any atom is -0.207 e. The summed E-state index contributed by atoms with van der Waals surface area (Å²) in [7, 11) is -1.81. The van der Waals surface area contributed by atoms with Crippen LogP contribution in [0.25, 0.3) is 0 Å². The summed E-state index contributed by atoms with van der Waals surface area (Å²) in [5.74, 6) is 0.702. The van der Waals surface area contributed by atoms with Crippen molar-refractivity contribution in [2.45, 2.75) is 49.4 Å². The third-order valence-electron chi connectivity index (χ3n) is 4.34. The Hall–Kier alpha value is -0.100. The van der Waals surface area contributed by atoms with Gasteiger partial charge in [-0.25, -0.2) is 8.42 Å². The second-order valence-electron chi connectivity index (χ2n) is 5.75. The van der Waals surface area contributed by atoms with E-state index in [0.717, 1.165) is 24.8 Å². The predicted molar refractivity (Wildman–Crippen MR) is 90.1 cm³/mol. The van der Waals surface area contributed by atoms with Crippen molar-refractivity contribution in [1.82, 2.24) is 4.31 Å². The molecule has 1 saturated carbocycles. The minimum absolute atomic E-state index is 0.0790. The van der Waals surface area contributed by atoms with E-state index in [-0.39, 0.29) is 6.04 Å². The molecule has 0 saturated heterocycles. The Morgan fingerprint density at radius 1 is 1.33 bits per heavy atom. The molecule has 0 bridgehead atoms. The van der Waals surface area contributed by atoms with Crippen molar-refractivity contribution in [1.29, 1.82) is 0 Å². The van der Waals surface area contributed by atoms with Gasteiger partial charge in [-0.2, -0.15) is 4.31 Å². The molecule has 0 spiro atoms. The number of sulfonamides is 1. The Bertz CT molecular complexity index is 606. The maximum atomic E-state index is 12.9. The fourth-order valence-corrected chi connectivity index (χ4v) is 5.62. The van der Waals surface area contributed by atoms with Gasteiger partial charge in [0.15, 0.2) is 0 Å². The minimum atomic E-state index is -3.51. The van der Waals surface area contributed by atoms with Crippen molar-refractivity contribution in [3.8, 4) is 0 Å². The van der Waals surface area contributed by atoms with Crippen LogP contribution in [-0.4, -0.2) is 25.8 Å². The normalized spacial score (nSPS) is 23.5. The Balaban J connectivity index is 2.36. The molecule has 1 aromatic rings. The highest BCUT2D eigenvalue weighted by atomic mass is 79.9. The summed E-state index contributed by atoms with van der Waals surface area (Å²) in [6.45, 7) is 2.14. The van der Waals surface area contributed by atoms with Gasteiger partial charge in [-0.1, -0.05) is 25.8 Å². The molecule has 21 heavy (non-hydrogen) atoms. The number of halogens is 2. The van der Waals surface area contributed by atoms with E-state index in [4.69, 9.17) is 11.6 Å². The molecule has 0 N–H and O–H groups in total. The fraction of sp³-hybridized carbons (Fsp3) is 0.600. The fourth-order valence-electron chi connectivity index (χ4n) is 3.00. The quantitative estimate of drug-likeness (QED) is 0.710. The van der Waals surface area contributed by atoms with E-state index in [1.54, 1.807) is 23.5 Å². The molecule has 1 aliphatic rings. The van der Waals surface area contributed by atoms with E-state index in [2.05, 4.69) is 22.9 Å². The van der Waals surface area contributed by atoms with Gasteiger partial charge in [0.2, 0.25) is 10.0 Å². The summed E-state index contributed by atoms with van der Waals surface area (Å²) in [5.41, 5.74) is 0.809. The number of benzene rings is 1. The van der Waals surface area contributed by atoms with Crippen LogP contribution in [0, 0.1) is 5.92 Å². The van der Waals surface area contributed by atoms with Crippen LogP contribution >= 0.6 is 27.5 Å². The molecule has 2 rings (SSSR count). The topological polar surface area (TPSA) is 37.4 Å². The van der Waals surface area contributed by atoms with E-state index in [1.807, 2.05) is 6.07 Å². The first kappa shape index (κ1) is 17.3. The van der Waals surface area contributed by atoms with Gasteiger partial charge in [0.25, 0.3) is 0 Å². The average Bonchev–Trinajstić information content (AvgIpc) is 2.47. The summed E-state index contributed by atoms with van der Waals surface area (Å²) in [6, 6.07) is 5.33. The van der Waals surface area contributed by atoms with Crippen LogP contribution in [-0.2, 0) is 15.9 Å². The highest BCUT2D eigenvalue weighted by molar-refractivity contribution is 9.10. The van der Waals surface area contributed by atoms with Crippen molar-refractivity contribution < 1.29 is 8.42 Å². The molecule has 3 nitrogen and oxygen atoms in total. The van der Waals surface area contributed by atoms with Gasteiger partial charge in [0.05, 0.1) is 4.90 Å². The largest absolute Gasteiger partial charge is 0.244 e. The third kappa shape index (κ3) is 3.63. The summed E-state index contributed by atoms with van der Waals surface area (Å²) < 4.78 is 28.0. The van der Waals surface area contributed by atoms with E-state index in [9.17, 15) is 8.42 Å². The number of alkyl halides is 1. The van der Waals surface area contributed by atoms with E-state index in [1.165, 1.54) is 6.42 Å². The molecule has 0 aliphatic heterocycles. The molecule has 1 aliphatic carbocycles. The monoisotopic (exact) mass is 393 g/mol. The van der Waals surface area contributed by atoms with Crippen LogP contribution in [0.3, 0.4) is 0 Å². The molecule has 0 radical (unpaired) electrons. The lowest BCUT2D eigenvalue weighted by Crippen LogP contribution is -2.42. The average molecular weight is 395 g/mol. The van der Waals surface area contributed by atoms with E-state index >= 15 is 0 Å². The van der Waals surface area contributed by atoms with Crippen molar-refractivity contribution in [3.05, 3.63) is 28.2 Å². The highest BCUT2D eigenvalue weighted by Crippen LogP contribution is 2.33. The second-order valence-corrected chi connectivity index (χ2v) is 8.84. The van der Waals surface area contributed by atoms with Crippen LogP contribution in [0.1, 0.15) is 38.2 Å². The van der Waals surface area contributed by atoms with Gasteiger partial charge in [0, 0.05) is 23.4 Å². The van der Waals surface area contributed by atoms with Gasteiger partial charge in [-0.15, -0.1) is 11.6 Å². The van der Waals surface area contributed by atoms with Crippen LogP contribution in [0.15, 0.2) is 27.6 Å². The van der Waals surface area contributed by atoms with Gasteiger partial charge in [-0.05, 0) is 52.4 Å². The number of hydrogen-bond donors (Lipinski definition) is 0. The zero-order valence-corrected chi connectivity index (χ0v) is 15.5. The number of nitrogens with zero attached hydrogens (tertiary/aromatic N) is 1. The van der Waals surface area contributed by atoms with Crippen LogP contribution in [0.4, 0.5) is 0 Å². The Morgan fingerprint density at radius 2 is 2.00 bits per heavy atom. The van der Waals surface area contributed by atoms with Crippen molar-refractivity contribution in [3.63, 3.8) is 0 Å². The first-order valence-electron chi connectivity index (χ1n) is 7.20. The Kier molecular flexibility index (Phi) is 5.74. The van der Waals surface area contributed by atoms with Gasteiger partial charge >= 0.3 is 0 Å². The summed E-state index contributed by atoms with van der Waals surface area (Å²) in [4.78, 5) is 0.306. The summed E-state index contributed by atoms with van der Waals surface area (Å²) in [5, 5.41) is 0. The molecule has 118 valence electrons. The molecule has 1 aromatic carbocycles. The maximum absolute atomic E-state index is 12.9. The third-order valence-corrected chi connectivity index (χ3v) is 7.53. The molecule has 0 heterocycles. The molecule has 0 amide bonds. The predicted octanol–water partition coefficient (Wildman–Crippen LogP) is 4.39. The number of rotatable bonds is 4. The molecule has 2 unspecified atom stereocenters. The standard InChI is InChI=1S/C15H21BrClNO2S/c1-11-5-3-4-6-14(11)18(2)21(19,20)15-9-12(10-17)7-8-13(15)16/h7-9,11,14H,3-6,10H2,1-2H3. The lowest BCUT2D eigenvalue weighted by atomic mass is 9.86. The van der Waals surface area contributed by atoms with Crippen molar-refractivity contribution in [2.24, 2.45) is 5.92 Å². The lowest BCUT2D eigenvalue weighted by molar-refractivity contribution is 0.213. The lowest BCUT2D eigenvalue weighted by Gasteiger charge is -2.35. The van der Waals surface area contributed by atoms with Crippen LogP contribution in [0.2, 0.25) is 0 Å². The molecule has 0 aromatic heterocycles. The zero-order chi connectivity index (χ0) is 15.6. The molecular formula is C15H21BrClNO2S. The highest BCUT2D eigenvalue weighted by Gasteiger charge is 2.34. The Labute approximate surface area is 140 Å². The molecular weight excluding hydrogens is 374 g/mol. The van der Waals surface area contributed by atoms with E-state index < -0.39 is 10.0 Å². The SMILES string of the molecule is CC1CCCCC1N(C)S(=O)(=O)c1cc(CCl)ccc1Br. The van der Waals surface area contributed by atoms with Gasteiger partial charge in [0.1, 0.15) is 0 Å². The smallest absolute Gasteiger partial charge is 0.207 e. The molecule has 6 heteroatoms. The number of hydrogen-bond acceptors (Lipinski definition) is 2. The van der Waals surface area contributed by atoms with Gasteiger partial charge in [-0.3, -0.25) is 0 Å². The second kappa shape index (κ2) is 6.99. The molecule has 2 atom stereocenters. The van der Waals surface area contributed by atoms with Gasteiger partial charge < -0.3 is 0 Å². The van der Waals surface area contributed by atoms with Crippen molar-refractivity contribution in [2.75, 3.05) is 7.05 Å². The maximum Gasteiger partial charge on any atom is 0.244 e.